The van der Waals surface area contributed by atoms with Gasteiger partial charge < -0.3 is 10.2 Å². The lowest BCUT2D eigenvalue weighted by atomic mass is 10.3. The van der Waals surface area contributed by atoms with Crippen LogP contribution in [-0.4, -0.2) is 49.8 Å². The number of sulfonamides is 1. The van der Waals surface area contributed by atoms with Crippen molar-refractivity contribution < 1.29 is 18.6 Å². The highest BCUT2D eigenvalue weighted by molar-refractivity contribution is 7.91. The molecule has 2 heterocycles. The highest BCUT2D eigenvalue weighted by Crippen LogP contribution is 2.35. The molecule has 2 aromatic rings. The van der Waals surface area contributed by atoms with Gasteiger partial charge in [0.05, 0.1) is 17.2 Å². The zero-order valence-electron chi connectivity index (χ0n) is 11.1. The Labute approximate surface area is 137 Å². The first-order chi connectivity index (χ1) is 9.44. The van der Waals surface area contributed by atoms with Crippen LogP contribution in [0, 0.1) is 0 Å². The first kappa shape index (κ1) is 18.8. The Balaban J connectivity index is 0.00000220. The molecule has 4 N–H and O–H groups in total. The van der Waals surface area contributed by atoms with E-state index in [4.69, 9.17) is 15.4 Å². The van der Waals surface area contributed by atoms with E-state index >= 15 is 0 Å². The van der Waals surface area contributed by atoms with E-state index < -0.39 is 10.0 Å². The average molecular weight is 373 g/mol. The Morgan fingerprint density at radius 2 is 1.76 bits per heavy atom. The normalized spacial score (nSPS) is 12.0. The van der Waals surface area contributed by atoms with Gasteiger partial charge in [-0.25, -0.2) is 13.6 Å². The molecule has 0 saturated carbocycles. The van der Waals surface area contributed by atoms with Crippen molar-refractivity contribution >= 4 is 54.5 Å². The number of thiophene rings is 2. The number of nitrogens with zero attached hydrogens (tertiary/aromatic N) is 1. The van der Waals surface area contributed by atoms with Crippen LogP contribution in [0.2, 0.25) is 0 Å². The standard InChI is InChI=1S/C11H16N2O4S3.ClH/c12-20(16,17)10-6-8-5-9(18-11(8)19-10)7-13(1-3-14)2-4-15;/h5-6,14-15H,1-4,7H2,(H2,12,16,17);1H. The molecule has 0 spiro atoms. The summed E-state index contributed by atoms with van der Waals surface area (Å²) in [6.45, 7) is 1.69. The molecule has 0 aliphatic rings. The molecule has 0 aromatic carbocycles. The zero-order valence-corrected chi connectivity index (χ0v) is 14.3. The molecule has 0 saturated heterocycles. The first-order valence-electron chi connectivity index (χ1n) is 5.93. The van der Waals surface area contributed by atoms with Crippen LogP contribution in [0.25, 0.3) is 9.40 Å². The lowest BCUT2D eigenvalue weighted by Gasteiger charge is -2.18. The average Bonchev–Trinajstić information content (AvgIpc) is 2.86. The molecule has 0 aliphatic carbocycles. The molecule has 10 heteroatoms. The summed E-state index contributed by atoms with van der Waals surface area (Å²) in [5, 5.41) is 23.9. The van der Waals surface area contributed by atoms with Gasteiger partial charge in [0.1, 0.15) is 4.21 Å². The van der Waals surface area contributed by atoms with E-state index in [-0.39, 0.29) is 29.8 Å². The molecule has 120 valence electrons. The minimum Gasteiger partial charge on any atom is -0.395 e. The van der Waals surface area contributed by atoms with E-state index in [1.54, 1.807) is 6.07 Å². The van der Waals surface area contributed by atoms with E-state index in [2.05, 4.69) is 0 Å². The maximum Gasteiger partial charge on any atom is 0.247 e. The monoisotopic (exact) mass is 372 g/mol. The van der Waals surface area contributed by atoms with E-state index in [1.165, 1.54) is 22.7 Å². The summed E-state index contributed by atoms with van der Waals surface area (Å²) in [5.74, 6) is 0. The van der Waals surface area contributed by atoms with E-state index in [9.17, 15) is 8.42 Å². The summed E-state index contributed by atoms with van der Waals surface area (Å²) in [6.07, 6.45) is 0. The molecule has 21 heavy (non-hydrogen) atoms. The molecule has 0 bridgehead atoms. The predicted octanol–water partition coefficient (Wildman–Crippen LogP) is 0.819. The zero-order chi connectivity index (χ0) is 14.8. The molecular formula is C11H17ClN2O4S3. The third-order valence-corrected chi connectivity index (χ3v) is 6.53. The Hall–Kier alpha value is -0.260. The maximum absolute atomic E-state index is 11.3. The van der Waals surface area contributed by atoms with Crippen LogP contribution >= 0.6 is 35.1 Å². The highest BCUT2D eigenvalue weighted by Gasteiger charge is 2.15. The van der Waals surface area contributed by atoms with Gasteiger partial charge in [-0.2, -0.15) is 0 Å². The lowest BCUT2D eigenvalue weighted by Crippen LogP contribution is -2.28. The Morgan fingerprint density at radius 3 is 2.24 bits per heavy atom. The highest BCUT2D eigenvalue weighted by atomic mass is 35.5. The van der Waals surface area contributed by atoms with Crippen LogP contribution in [0.5, 0.6) is 0 Å². The summed E-state index contributed by atoms with van der Waals surface area (Å²) in [6, 6.07) is 3.50. The number of hydrogen-bond acceptors (Lipinski definition) is 7. The number of nitrogens with two attached hydrogens (primary N) is 1. The van der Waals surface area contributed by atoms with Gasteiger partial charge in [0.2, 0.25) is 10.0 Å². The molecule has 0 unspecified atom stereocenters. The van der Waals surface area contributed by atoms with Crippen molar-refractivity contribution in [3.05, 3.63) is 17.0 Å². The van der Waals surface area contributed by atoms with Gasteiger partial charge in [0, 0.05) is 29.9 Å². The van der Waals surface area contributed by atoms with Crippen molar-refractivity contribution in [2.45, 2.75) is 10.8 Å². The van der Waals surface area contributed by atoms with Crippen LogP contribution in [0.4, 0.5) is 0 Å². The molecule has 2 rings (SSSR count). The molecule has 6 nitrogen and oxygen atoms in total. The number of rotatable bonds is 7. The van der Waals surface area contributed by atoms with Gasteiger partial charge in [-0.05, 0) is 12.1 Å². The van der Waals surface area contributed by atoms with Gasteiger partial charge in [-0.3, -0.25) is 4.90 Å². The fourth-order valence-electron chi connectivity index (χ4n) is 1.86. The number of aliphatic hydroxyl groups is 2. The van der Waals surface area contributed by atoms with Crippen LogP contribution in [0.3, 0.4) is 0 Å². The molecule has 0 aliphatic heterocycles. The number of primary sulfonamides is 1. The summed E-state index contributed by atoms with van der Waals surface area (Å²) in [4.78, 5) is 3.00. The summed E-state index contributed by atoms with van der Waals surface area (Å²) in [5.41, 5.74) is 0. The second kappa shape index (κ2) is 7.84. The summed E-state index contributed by atoms with van der Waals surface area (Å²) < 4.78 is 23.6. The largest absolute Gasteiger partial charge is 0.395 e. The number of fused-ring (bicyclic) bond motifs is 1. The van der Waals surface area contributed by atoms with E-state index in [0.29, 0.717) is 19.6 Å². The van der Waals surface area contributed by atoms with Crippen molar-refractivity contribution in [2.75, 3.05) is 26.3 Å². The van der Waals surface area contributed by atoms with Crippen molar-refractivity contribution in [2.24, 2.45) is 5.14 Å². The van der Waals surface area contributed by atoms with E-state index in [1.807, 2.05) is 11.0 Å². The fraction of sp³-hybridized carbons (Fsp3) is 0.455. The molecule has 0 amide bonds. The molecule has 0 radical (unpaired) electrons. The Bertz CT molecular complexity index is 645. The Morgan fingerprint density at radius 1 is 1.14 bits per heavy atom. The van der Waals surface area contributed by atoms with Gasteiger partial charge in [-0.15, -0.1) is 35.1 Å². The minimum atomic E-state index is -3.64. The van der Waals surface area contributed by atoms with Crippen molar-refractivity contribution in [1.82, 2.24) is 4.90 Å². The predicted molar refractivity (Wildman–Crippen MR) is 87.8 cm³/mol. The van der Waals surface area contributed by atoms with E-state index in [0.717, 1.165) is 14.3 Å². The molecule has 2 aromatic heterocycles. The number of aliphatic hydroxyl groups excluding tert-OH is 2. The summed E-state index contributed by atoms with van der Waals surface area (Å²) >= 11 is 2.67. The third-order valence-electron chi connectivity index (χ3n) is 2.73. The maximum atomic E-state index is 11.3. The topological polar surface area (TPSA) is 104 Å². The Kier molecular flexibility index (Phi) is 7.01. The fourth-order valence-corrected chi connectivity index (χ4v) is 5.29. The molecule has 0 fully saturated rings. The van der Waals surface area contributed by atoms with Gasteiger partial charge in [-0.1, -0.05) is 0 Å². The third kappa shape index (κ3) is 4.86. The lowest BCUT2D eigenvalue weighted by molar-refractivity contribution is 0.157. The van der Waals surface area contributed by atoms with Crippen LogP contribution in [0.15, 0.2) is 16.3 Å². The number of halogens is 1. The van der Waals surface area contributed by atoms with Crippen molar-refractivity contribution in [3.63, 3.8) is 0 Å². The van der Waals surface area contributed by atoms with Crippen molar-refractivity contribution in [3.8, 4) is 0 Å². The smallest absolute Gasteiger partial charge is 0.247 e. The van der Waals surface area contributed by atoms with Crippen molar-refractivity contribution in [1.29, 1.82) is 0 Å². The van der Waals surface area contributed by atoms with Crippen LogP contribution < -0.4 is 5.14 Å². The van der Waals surface area contributed by atoms with Gasteiger partial charge in [0.25, 0.3) is 0 Å². The van der Waals surface area contributed by atoms with Crippen LogP contribution in [0.1, 0.15) is 4.88 Å². The summed E-state index contributed by atoms with van der Waals surface area (Å²) in [7, 11) is -3.64. The molecule has 0 atom stereocenters. The van der Waals surface area contributed by atoms with Gasteiger partial charge in [0.15, 0.2) is 0 Å². The second-order valence-corrected chi connectivity index (χ2v) is 8.52. The first-order valence-corrected chi connectivity index (χ1v) is 9.11. The van der Waals surface area contributed by atoms with Crippen LogP contribution in [-0.2, 0) is 16.6 Å². The van der Waals surface area contributed by atoms with Gasteiger partial charge >= 0.3 is 0 Å². The minimum absolute atomic E-state index is 0. The number of hydrogen-bond donors (Lipinski definition) is 3. The molecular weight excluding hydrogens is 356 g/mol. The second-order valence-electron chi connectivity index (χ2n) is 4.29. The SMILES string of the molecule is Cl.NS(=O)(=O)c1cc2cc(CN(CCO)CCO)sc2s1. The quantitative estimate of drug-likeness (QED) is 0.667.